The van der Waals surface area contributed by atoms with Gasteiger partial charge in [-0.3, -0.25) is 4.79 Å². The van der Waals surface area contributed by atoms with Crippen molar-refractivity contribution in [2.24, 2.45) is 0 Å². The van der Waals surface area contributed by atoms with Crippen LogP contribution >= 0.6 is 11.6 Å². The van der Waals surface area contributed by atoms with Gasteiger partial charge in [-0.05, 0) is 12.1 Å². The highest BCUT2D eigenvalue weighted by Crippen LogP contribution is 2.36. The summed E-state index contributed by atoms with van der Waals surface area (Å²) in [6, 6.07) is 5.66. The minimum absolute atomic E-state index is 0.101. The van der Waals surface area contributed by atoms with Crippen LogP contribution in [0.1, 0.15) is 0 Å². The van der Waals surface area contributed by atoms with Gasteiger partial charge < -0.3 is 30.5 Å². The number of rotatable bonds is 5. The largest absolute Gasteiger partial charge is 0.482 e. The van der Waals surface area contributed by atoms with Crippen LogP contribution in [0.4, 0.5) is 21.9 Å². The zero-order chi connectivity index (χ0) is 18.5. The molecule has 0 spiro atoms. The Kier molecular flexibility index (Phi) is 5.40. The van der Waals surface area contributed by atoms with E-state index in [1.165, 1.54) is 18.3 Å². The van der Waals surface area contributed by atoms with Crippen LogP contribution in [0.3, 0.4) is 0 Å². The normalized spacial score (nSPS) is 12.5. The van der Waals surface area contributed by atoms with Crippen LogP contribution < -0.4 is 25.4 Å². The number of amides is 3. The van der Waals surface area contributed by atoms with E-state index in [2.05, 4.69) is 20.9 Å². The highest BCUT2D eigenvalue weighted by molar-refractivity contribution is 6.34. The van der Waals surface area contributed by atoms with Gasteiger partial charge in [0.05, 0.1) is 34.9 Å². The number of benzene rings is 1. The molecule has 0 radical (unpaired) electrons. The minimum Gasteiger partial charge on any atom is -0.482 e. The molecule has 10 heteroatoms. The number of hydrogen-bond donors (Lipinski definition) is 4. The SMILES string of the molecule is O=C1COc2cc(NC(=O)Nc3ccc(OCCO)nc3)c(Cl)cc2N1. The van der Waals surface area contributed by atoms with Crippen LogP contribution in [-0.4, -0.2) is 41.8 Å². The van der Waals surface area contributed by atoms with Crippen LogP contribution in [0.15, 0.2) is 30.5 Å². The molecular weight excluding hydrogens is 364 g/mol. The Morgan fingerprint density at radius 3 is 2.96 bits per heavy atom. The summed E-state index contributed by atoms with van der Waals surface area (Å²) in [6.07, 6.45) is 1.42. The molecule has 0 fully saturated rings. The van der Waals surface area contributed by atoms with Gasteiger partial charge in [0.15, 0.2) is 6.61 Å². The molecule has 1 aliphatic rings. The van der Waals surface area contributed by atoms with Crippen molar-refractivity contribution < 1.29 is 24.2 Å². The van der Waals surface area contributed by atoms with Crippen molar-refractivity contribution in [3.8, 4) is 11.6 Å². The average molecular weight is 379 g/mol. The number of ether oxygens (including phenoxy) is 2. The number of aliphatic hydroxyl groups excluding tert-OH is 1. The fourth-order valence-corrected chi connectivity index (χ4v) is 2.38. The standard InChI is InChI=1S/C16H15ClN4O5/c17-10-5-12-13(26-8-14(23)20-12)6-11(10)21-16(24)19-9-1-2-15(18-7-9)25-4-3-22/h1-2,5-7,22H,3-4,8H2,(H,20,23)(H2,19,21,24). The minimum atomic E-state index is -0.530. The molecule has 9 nitrogen and oxygen atoms in total. The van der Waals surface area contributed by atoms with Gasteiger partial charge in [0, 0.05) is 12.1 Å². The van der Waals surface area contributed by atoms with E-state index in [0.29, 0.717) is 28.7 Å². The summed E-state index contributed by atoms with van der Waals surface area (Å²) in [5.41, 5.74) is 1.21. The van der Waals surface area contributed by atoms with Gasteiger partial charge in [0.1, 0.15) is 12.4 Å². The molecule has 2 aromatic rings. The second-order valence-corrected chi connectivity index (χ2v) is 5.61. The fourth-order valence-electron chi connectivity index (χ4n) is 2.17. The summed E-state index contributed by atoms with van der Waals surface area (Å²) in [4.78, 5) is 27.4. The molecule has 0 bridgehead atoms. The number of aliphatic hydroxyl groups is 1. The van der Waals surface area contributed by atoms with E-state index in [-0.39, 0.29) is 30.8 Å². The number of carbonyl (C=O) groups is 2. The van der Waals surface area contributed by atoms with Crippen molar-refractivity contribution in [1.82, 2.24) is 4.98 Å². The van der Waals surface area contributed by atoms with Crippen molar-refractivity contribution in [3.05, 3.63) is 35.5 Å². The zero-order valence-corrected chi connectivity index (χ0v) is 14.2. The summed E-state index contributed by atoms with van der Waals surface area (Å²) in [7, 11) is 0. The Hall–Kier alpha value is -3.04. The maximum Gasteiger partial charge on any atom is 0.323 e. The van der Waals surface area contributed by atoms with Gasteiger partial charge in [-0.25, -0.2) is 9.78 Å². The van der Waals surface area contributed by atoms with Gasteiger partial charge in [-0.2, -0.15) is 0 Å². The van der Waals surface area contributed by atoms with E-state index in [0.717, 1.165) is 0 Å². The lowest BCUT2D eigenvalue weighted by Crippen LogP contribution is -2.26. The molecule has 0 atom stereocenters. The summed E-state index contributed by atoms with van der Waals surface area (Å²) < 4.78 is 10.4. The molecule has 1 aromatic heterocycles. The highest BCUT2D eigenvalue weighted by Gasteiger charge is 2.19. The monoisotopic (exact) mass is 378 g/mol. The summed E-state index contributed by atoms with van der Waals surface area (Å²) in [5, 5.41) is 16.8. The van der Waals surface area contributed by atoms with Gasteiger partial charge in [-0.15, -0.1) is 0 Å². The quantitative estimate of drug-likeness (QED) is 0.632. The first kappa shape index (κ1) is 17.8. The number of halogens is 1. The summed E-state index contributed by atoms with van der Waals surface area (Å²) >= 11 is 6.13. The number of urea groups is 1. The first-order chi connectivity index (χ1) is 12.5. The molecule has 1 aliphatic heterocycles. The van der Waals surface area contributed by atoms with Crippen LogP contribution in [-0.2, 0) is 4.79 Å². The van der Waals surface area contributed by atoms with Crippen LogP contribution in [0.5, 0.6) is 11.6 Å². The molecule has 1 aromatic carbocycles. The Morgan fingerprint density at radius 1 is 1.38 bits per heavy atom. The predicted molar refractivity (Wildman–Crippen MR) is 95.0 cm³/mol. The molecule has 0 unspecified atom stereocenters. The molecule has 136 valence electrons. The number of aromatic nitrogens is 1. The smallest absolute Gasteiger partial charge is 0.323 e. The molecule has 26 heavy (non-hydrogen) atoms. The average Bonchev–Trinajstić information content (AvgIpc) is 2.62. The Morgan fingerprint density at radius 2 is 2.23 bits per heavy atom. The van der Waals surface area contributed by atoms with Gasteiger partial charge in [-0.1, -0.05) is 11.6 Å². The van der Waals surface area contributed by atoms with E-state index in [1.807, 2.05) is 0 Å². The first-order valence-electron chi connectivity index (χ1n) is 7.59. The third kappa shape index (κ3) is 4.32. The number of pyridine rings is 1. The lowest BCUT2D eigenvalue weighted by Gasteiger charge is -2.19. The molecule has 0 saturated heterocycles. The van der Waals surface area contributed by atoms with E-state index in [1.54, 1.807) is 12.1 Å². The maximum atomic E-state index is 12.1. The van der Waals surface area contributed by atoms with Gasteiger partial charge >= 0.3 is 6.03 Å². The lowest BCUT2D eigenvalue weighted by atomic mass is 10.2. The van der Waals surface area contributed by atoms with Crippen molar-refractivity contribution in [3.63, 3.8) is 0 Å². The number of nitrogens with one attached hydrogen (secondary N) is 3. The summed E-state index contributed by atoms with van der Waals surface area (Å²) in [6.45, 7) is -0.0741. The van der Waals surface area contributed by atoms with Crippen LogP contribution in [0, 0.1) is 0 Å². The van der Waals surface area contributed by atoms with Crippen LogP contribution in [0.25, 0.3) is 0 Å². The molecule has 4 N–H and O–H groups in total. The van der Waals surface area contributed by atoms with Gasteiger partial charge in [0.25, 0.3) is 5.91 Å². The van der Waals surface area contributed by atoms with E-state index >= 15 is 0 Å². The highest BCUT2D eigenvalue weighted by atomic mass is 35.5. The number of carbonyl (C=O) groups excluding carboxylic acids is 2. The molecule has 3 rings (SSSR count). The Balaban J connectivity index is 1.64. The first-order valence-corrected chi connectivity index (χ1v) is 7.97. The van der Waals surface area contributed by atoms with Crippen molar-refractivity contribution in [2.45, 2.75) is 0 Å². The predicted octanol–water partition coefficient (Wildman–Crippen LogP) is 2.08. The lowest BCUT2D eigenvalue weighted by molar-refractivity contribution is -0.118. The summed E-state index contributed by atoms with van der Waals surface area (Å²) in [5.74, 6) is 0.476. The molecule has 0 aliphatic carbocycles. The zero-order valence-electron chi connectivity index (χ0n) is 13.4. The fraction of sp³-hybridized carbons (Fsp3) is 0.188. The Bertz CT molecular complexity index is 828. The van der Waals surface area contributed by atoms with Crippen molar-refractivity contribution >= 4 is 40.6 Å². The number of nitrogens with zero attached hydrogens (tertiary/aromatic N) is 1. The topological polar surface area (TPSA) is 122 Å². The van der Waals surface area contributed by atoms with Crippen molar-refractivity contribution in [2.75, 3.05) is 35.8 Å². The van der Waals surface area contributed by atoms with E-state index in [4.69, 9.17) is 26.2 Å². The third-order valence-corrected chi connectivity index (χ3v) is 3.60. The van der Waals surface area contributed by atoms with E-state index in [9.17, 15) is 9.59 Å². The van der Waals surface area contributed by atoms with Gasteiger partial charge in [0.2, 0.25) is 5.88 Å². The third-order valence-electron chi connectivity index (χ3n) is 3.29. The molecule has 3 amide bonds. The van der Waals surface area contributed by atoms with Crippen LogP contribution in [0.2, 0.25) is 5.02 Å². The maximum absolute atomic E-state index is 12.1. The van der Waals surface area contributed by atoms with E-state index < -0.39 is 6.03 Å². The molecule has 2 heterocycles. The second kappa shape index (κ2) is 7.89. The second-order valence-electron chi connectivity index (χ2n) is 5.20. The number of hydrogen-bond acceptors (Lipinski definition) is 6. The number of fused-ring (bicyclic) bond motifs is 1. The molecule has 0 saturated carbocycles. The number of anilines is 3. The molecular formula is C16H15ClN4O5. The Labute approximate surface area is 153 Å². The van der Waals surface area contributed by atoms with Crippen molar-refractivity contribution in [1.29, 1.82) is 0 Å².